The van der Waals surface area contributed by atoms with E-state index in [-0.39, 0.29) is 27.7 Å². The van der Waals surface area contributed by atoms with Crippen LogP contribution in [-0.4, -0.2) is 33.3 Å². The molecule has 0 saturated carbocycles. The third-order valence-electron chi connectivity index (χ3n) is 4.78. The standard InChI is InChI=1S/C20H17F3N2O4/c1-9(19(28)24-8-26)16-10(2)25(14-5-6-15(27)18(23)17(14)16)20(29)11-3-4-12(21)13(22)7-11/h3-7,9,26-27H,8H2,1-2H3,(H,24,28). The van der Waals surface area contributed by atoms with Crippen molar-refractivity contribution in [2.45, 2.75) is 19.8 Å². The van der Waals surface area contributed by atoms with Gasteiger partial charge in [0.2, 0.25) is 5.91 Å². The van der Waals surface area contributed by atoms with Gasteiger partial charge in [-0.1, -0.05) is 0 Å². The Hall–Kier alpha value is -3.33. The van der Waals surface area contributed by atoms with Crippen LogP contribution in [0, 0.1) is 24.4 Å². The van der Waals surface area contributed by atoms with E-state index in [2.05, 4.69) is 5.32 Å². The number of fused-ring (bicyclic) bond motifs is 1. The molecule has 3 N–H and O–H groups in total. The SMILES string of the molecule is Cc1c(C(C)C(=O)NCO)c2c(F)c(O)ccc2n1C(=O)c1ccc(F)c(F)c1. The number of amides is 1. The number of nitrogens with zero attached hydrogens (tertiary/aromatic N) is 1. The highest BCUT2D eigenvalue weighted by atomic mass is 19.2. The van der Waals surface area contributed by atoms with E-state index < -0.39 is 47.7 Å². The van der Waals surface area contributed by atoms with Crippen molar-refractivity contribution >= 4 is 22.7 Å². The smallest absolute Gasteiger partial charge is 0.262 e. The average Bonchev–Trinajstić information content (AvgIpc) is 2.98. The lowest BCUT2D eigenvalue weighted by molar-refractivity contribution is -0.123. The summed E-state index contributed by atoms with van der Waals surface area (Å²) in [5.41, 5.74) is 0.165. The van der Waals surface area contributed by atoms with Crippen molar-refractivity contribution < 1.29 is 33.0 Å². The Balaban J connectivity index is 2.29. The van der Waals surface area contributed by atoms with Crippen LogP contribution in [0.4, 0.5) is 13.2 Å². The molecule has 3 rings (SSSR count). The van der Waals surface area contributed by atoms with Crippen LogP contribution in [0.15, 0.2) is 30.3 Å². The van der Waals surface area contributed by atoms with Crippen molar-refractivity contribution in [2.75, 3.05) is 6.73 Å². The number of benzene rings is 2. The summed E-state index contributed by atoms with van der Waals surface area (Å²) in [6.45, 7) is 2.28. The average molecular weight is 406 g/mol. The van der Waals surface area contributed by atoms with Gasteiger partial charge in [-0.15, -0.1) is 0 Å². The largest absolute Gasteiger partial charge is 0.505 e. The van der Waals surface area contributed by atoms with E-state index in [0.717, 1.165) is 28.8 Å². The van der Waals surface area contributed by atoms with E-state index in [1.54, 1.807) is 0 Å². The van der Waals surface area contributed by atoms with Crippen LogP contribution in [0.5, 0.6) is 5.75 Å². The van der Waals surface area contributed by atoms with Gasteiger partial charge in [-0.25, -0.2) is 13.2 Å². The topological polar surface area (TPSA) is 91.6 Å². The zero-order valence-corrected chi connectivity index (χ0v) is 15.5. The lowest BCUT2D eigenvalue weighted by atomic mass is 9.96. The van der Waals surface area contributed by atoms with Gasteiger partial charge in [-0.2, -0.15) is 0 Å². The van der Waals surface area contributed by atoms with Crippen LogP contribution in [0.25, 0.3) is 10.9 Å². The molecule has 0 spiro atoms. The van der Waals surface area contributed by atoms with Gasteiger partial charge in [-0.3, -0.25) is 14.2 Å². The van der Waals surface area contributed by atoms with E-state index in [9.17, 15) is 27.9 Å². The Bertz CT molecular complexity index is 1140. The first-order valence-corrected chi connectivity index (χ1v) is 8.59. The predicted molar refractivity (Wildman–Crippen MR) is 98.0 cm³/mol. The van der Waals surface area contributed by atoms with Crippen molar-refractivity contribution in [1.82, 2.24) is 9.88 Å². The van der Waals surface area contributed by atoms with Gasteiger partial charge < -0.3 is 15.5 Å². The van der Waals surface area contributed by atoms with E-state index in [0.29, 0.717) is 0 Å². The molecule has 0 saturated heterocycles. The minimum atomic E-state index is -1.22. The molecule has 0 bridgehead atoms. The van der Waals surface area contributed by atoms with E-state index in [1.807, 2.05) is 0 Å². The lowest BCUT2D eigenvalue weighted by Crippen LogP contribution is -2.29. The van der Waals surface area contributed by atoms with Crippen LogP contribution in [0.3, 0.4) is 0 Å². The molecule has 1 aromatic heterocycles. The highest BCUT2D eigenvalue weighted by Crippen LogP contribution is 2.37. The molecule has 1 amide bonds. The fourth-order valence-corrected chi connectivity index (χ4v) is 3.39. The van der Waals surface area contributed by atoms with Gasteiger partial charge in [0.15, 0.2) is 23.2 Å². The van der Waals surface area contributed by atoms with Crippen molar-refractivity contribution in [1.29, 1.82) is 0 Å². The minimum absolute atomic E-state index is 0.0474. The summed E-state index contributed by atoms with van der Waals surface area (Å²) in [6.07, 6.45) is 0. The van der Waals surface area contributed by atoms with Crippen LogP contribution in [0.1, 0.15) is 34.5 Å². The summed E-state index contributed by atoms with van der Waals surface area (Å²) in [4.78, 5) is 25.2. The van der Waals surface area contributed by atoms with Gasteiger partial charge in [-0.05, 0) is 49.7 Å². The molecule has 152 valence electrons. The minimum Gasteiger partial charge on any atom is -0.505 e. The molecule has 2 aromatic carbocycles. The Morgan fingerprint density at radius 1 is 1.14 bits per heavy atom. The number of hydrogen-bond donors (Lipinski definition) is 3. The molecule has 0 aliphatic carbocycles. The Labute approximate surface area is 163 Å². The summed E-state index contributed by atoms with van der Waals surface area (Å²) in [5.74, 6) is -6.42. The molecule has 0 fully saturated rings. The number of carbonyl (C=O) groups excluding carboxylic acids is 2. The molecule has 0 aliphatic rings. The monoisotopic (exact) mass is 406 g/mol. The van der Waals surface area contributed by atoms with Crippen molar-refractivity contribution in [2.24, 2.45) is 0 Å². The molecule has 6 nitrogen and oxygen atoms in total. The molecule has 29 heavy (non-hydrogen) atoms. The van der Waals surface area contributed by atoms with Gasteiger partial charge >= 0.3 is 0 Å². The van der Waals surface area contributed by atoms with Gasteiger partial charge in [0.25, 0.3) is 5.91 Å². The number of halogens is 3. The molecule has 0 aliphatic heterocycles. The van der Waals surface area contributed by atoms with Crippen molar-refractivity contribution in [3.8, 4) is 5.75 Å². The fourth-order valence-electron chi connectivity index (χ4n) is 3.39. The van der Waals surface area contributed by atoms with Crippen LogP contribution < -0.4 is 5.32 Å². The van der Waals surface area contributed by atoms with Crippen molar-refractivity contribution in [3.05, 3.63) is 64.6 Å². The lowest BCUT2D eigenvalue weighted by Gasteiger charge is -2.13. The number of carbonyl (C=O) groups is 2. The van der Waals surface area contributed by atoms with E-state index >= 15 is 0 Å². The summed E-state index contributed by atoms with van der Waals surface area (Å²) in [7, 11) is 0. The zero-order chi connectivity index (χ0) is 21.5. The maximum Gasteiger partial charge on any atom is 0.262 e. The molecule has 1 heterocycles. The Morgan fingerprint density at radius 3 is 2.45 bits per heavy atom. The van der Waals surface area contributed by atoms with Gasteiger partial charge in [0.05, 0.1) is 11.4 Å². The summed E-state index contributed by atoms with van der Waals surface area (Å²) < 4.78 is 42.7. The summed E-state index contributed by atoms with van der Waals surface area (Å²) in [6, 6.07) is 4.95. The number of aliphatic hydroxyl groups excluding tert-OH is 1. The first-order chi connectivity index (χ1) is 13.7. The zero-order valence-electron chi connectivity index (χ0n) is 15.5. The Morgan fingerprint density at radius 2 is 1.83 bits per heavy atom. The molecule has 3 aromatic rings. The number of aromatic nitrogens is 1. The molecule has 1 atom stereocenters. The van der Waals surface area contributed by atoms with Crippen LogP contribution in [0.2, 0.25) is 0 Å². The molecule has 1 unspecified atom stereocenters. The first-order valence-electron chi connectivity index (χ1n) is 8.59. The number of phenolic OH excluding ortho intramolecular Hbond substituents is 1. The van der Waals surface area contributed by atoms with Gasteiger partial charge in [0, 0.05) is 16.6 Å². The maximum absolute atomic E-state index is 14.8. The highest BCUT2D eigenvalue weighted by molar-refractivity contribution is 6.05. The number of nitrogens with one attached hydrogen (secondary N) is 1. The predicted octanol–water partition coefficient (Wildman–Crippen LogP) is 2.93. The van der Waals surface area contributed by atoms with E-state index in [4.69, 9.17) is 5.11 Å². The quantitative estimate of drug-likeness (QED) is 0.581. The number of aromatic hydroxyl groups is 1. The molecular weight excluding hydrogens is 389 g/mol. The fraction of sp³-hybridized carbons (Fsp3) is 0.200. The number of rotatable bonds is 4. The summed E-state index contributed by atoms with van der Waals surface area (Å²) in [5, 5.41) is 20.8. The molecule has 0 radical (unpaired) electrons. The first kappa shape index (κ1) is 20.4. The molecular formula is C20H17F3N2O4. The second kappa shape index (κ2) is 7.59. The normalized spacial score (nSPS) is 12.2. The van der Waals surface area contributed by atoms with Crippen LogP contribution >= 0.6 is 0 Å². The number of phenols is 1. The second-order valence-corrected chi connectivity index (χ2v) is 6.48. The highest BCUT2D eigenvalue weighted by Gasteiger charge is 2.29. The second-order valence-electron chi connectivity index (χ2n) is 6.48. The van der Waals surface area contributed by atoms with Crippen molar-refractivity contribution in [3.63, 3.8) is 0 Å². The Kier molecular flexibility index (Phi) is 5.34. The molecule has 9 heteroatoms. The van der Waals surface area contributed by atoms with Crippen LogP contribution in [-0.2, 0) is 4.79 Å². The number of hydrogen-bond acceptors (Lipinski definition) is 4. The maximum atomic E-state index is 14.8. The van der Waals surface area contributed by atoms with E-state index in [1.165, 1.54) is 19.9 Å². The summed E-state index contributed by atoms with van der Waals surface area (Å²) >= 11 is 0. The van der Waals surface area contributed by atoms with Gasteiger partial charge in [0.1, 0.15) is 6.73 Å². The third-order valence-corrected chi connectivity index (χ3v) is 4.78. The third kappa shape index (κ3) is 3.33. The number of aliphatic hydroxyl groups is 1.